The van der Waals surface area contributed by atoms with E-state index in [1.165, 1.54) is 193 Å². The van der Waals surface area contributed by atoms with Crippen LogP contribution < -0.4 is 0 Å². The molecule has 0 bridgehead atoms. The molecule has 0 heterocycles. The maximum absolute atomic E-state index is 13.0. The number of aliphatic hydroxyl groups is 2. The molecule has 0 fully saturated rings. The van der Waals surface area contributed by atoms with Crippen molar-refractivity contribution in [3.05, 3.63) is 109 Å². The molecule has 5 unspecified atom stereocenters. The van der Waals surface area contributed by atoms with E-state index in [9.17, 15) is 43.5 Å². The predicted molar refractivity (Wildman–Crippen MR) is 445 cm³/mol. The van der Waals surface area contributed by atoms with Crippen LogP contribution in [-0.2, 0) is 55.8 Å². The fourth-order valence-electron chi connectivity index (χ4n) is 11.9. The van der Waals surface area contributed by atoms with Crippen LogP contribution in [0.3, 0.4) is 0 Å². The molecule has 0 aliphatic heterocycles. The van der Waals surface area contributed by atoms with Crippen LogP contribution >= 0.6 is 15.6 Å². The fourth-order valence-corrected chi connectivity index (χ4v) is 13.5. The first-order chi connectivity index (χ1) is 52.2. The van der Waals surface area contributed by atoms with E-state index in [2.05, 4.69) is 130 Å². The van der Waals surface area contributed by atoms with Crippen molar-refractivity contribution in [2.75, 3.05) is 39.6 Å². The average Bonchev–Trinajstić information content (AvgIpc) is 0.906. The Kier molecular flexibility index (Phi) is 78.8. The summed E-state index contributed by atoms with van der Waals surface area (Å²) in [6, 6.07) is 0. The van der Waals surface area contributed by atoms with Crippen molar-refractivity contribution in [3.63, 3.8) is 0 Å². The Bertz CT molecular complexity index is 2380. The third-order valence-corrected chi connectivity index (χ3v) is 20.4. The lowest BCUT2D eigenvalue weighted by Gasteiger charge is -2.21. The number of carbonyl (C=O) groups is 3. The SMILES string of the molecule is CC/C=C\C/C=C\C/C=C\C/C=C\C/C=C\CCCCCCCCCCCCCCCCCC(=O)OCC(O)COP(=O)(O)OCC(O)COP(=O)(O)OCC(COC(=O)CCCCCCCCCCC/C=C\C/C=C\C/C=C\C/C=C\CCCCC)OC(=O)CCCCCCCCCCCCCCCCC. The molecular formula is C89H158O16P2. The van der Waals surface area contributed by atoms with Gasteiger partial charge in [0.05, 0.1) is 26.4 Å². The van der Waals surface area contributed by atoms with Gasteiger partial charge in [0.2, 0.25) is 0 Å². The van der Waals surface area contributed by atoms with Gasteiger partial charge in [0.15, 0.2) is 6.10 Å². The van der Waals surface area contributed by atoms with E-state index in [4.69, 9.17) is 32.3 Å². The molecule has 0 saturated heterocycles. The van der Waals surface area contributed by atoms with Crippen molar-refractivity contribution in [2.45, 2.75) is 399 Å². The third kappa shape index (κ3) is 83.0. The average molecular weight is 1550 g/mol. The van der Waals surface area contributed by atoms with E-state index in [0.717, 1.165) is 128 Å². The van der Waals surface area contributed by atoms with E-state index in [0.29, 0.717) is 19.3 Å². The highest BCUT2D eigenvalue weighted by Crippen LogP contribution is 2.45. The van der Waals surface area contributed by atoms with Gasteiger partial charge in [-0.15, -0.1) is 0 Å². The molecule has 5 atom stereocenters. The molecule has 0 amide bonds. The maximum Gasteiger partial charge on any atom is 0.472 e. The Balaban J connectivity index is 4.48. The Morgan fingerprint density at radius 2 is 0.495 bits per heavy atom. The molecule has 620 valence electrons. The lowest BCUT2D eigenvalue weighted by atomic mass is 10.0. The second kappa shape index (κ2) is 81.7. The van der Waals surface area contributed by atoms with E-state index in [-0.39, 0.29) is 19.3 Å². The lowest BCUT2D eigenvalue weighted by molar-refractivity contribution is -0.161. The zero-order chi connectivity index (χ0) is 78.0. The van der Waals surface area contributed by atoms with E-state index >= 15 is 0 Å². The first-order valence-electron chi connectivity index (χ1n) is 43.2. The summed E-state index contributed by atoms with van der Waals surface area (Å²) in [5.41, 5.74) is 0. The molecule has 0 aromatic heterocycles. The Labute approximate surface area is 653 Å². The zero-order valence-electron chi connectivity index (χ0n) is 68.0. The number of unbranched alkanes of at least 4 members (excludes halogenated alkanes) is 41. The summed E-state index contributed by atoms with van der Waals surface area (Å²) in [5, 5.41) is 20.7. The summed E-state index contributed by atoms with van der Waals surface area (Å²) in [7, 11) is -9.79. The van der Waals surface area contributed by atoms with Crippen LogP contribution in [0.5, 0.6) is 0 Å². The van der Waals surface area contributed by atoms with Crippen LogP contribution in [0.25, 0.3) is 0 Å². The minimum Gasteiger partial charge on any atom is -0.463 e. The first kappa shape index (κ1) is 103. The summed E-state index contributed by atoms with van der Waals surface area (Å²) < 4.78 is 61.3. The summed E-state index contributed by atoms with van der Waals surface area (Å²) >= 11 is 0. The van der Waals surface area contributed by atoms with Crippen LogP contribution in [-0.4, -0.2) is 95.9 Å². The molecule has 0 aromatic rings. The largest absolute Gasteiger partial charge is 0.472 e. The van der Waals surface area contributed by atoms with Gasteiger partial charge in [-0.25, -0.2) is 9.13 Å². The van der Waals surface area contributed by atoms with Gasteiger partial charge < -0.3 is 34.2 Å². The number of phosphoric acid groups is 2. The highest BCUT2D eigenvalue weighted by molar-refractivity contribution is 7.47. The molecule has 4 N–H and O–H groups in total. The van der Waals surface area contributed by atoms with Crippen LogP contribution in [0.4, 0.5) is 0 Å². The van der Waals surface area contributed by atoms with Gasteiger partial charge in [-0.2, -0.15) is 0 Å². The minimum absolute atomic E-state index is 0.107. The molecule has 16 nitrogen and oxygen atoms in total. The zero-order valence-corrected chi connectivity index (χ0v) is 69.8. The predicted octanol–water partition coefficient (Wildman–Crippen LogP) is 25.9. The molecule has 107 heavy (non-hydrogen) atoms. The summed E-state index contributed by atoms with van der Waals surface area (Å²) in [5.74, 6) is -1.56. The van der Waals surface area contributed by atoms with Crippen LogP contribution in [0.2, 0.25) is 0 Å². The lowest BCUT2D eigenvalue weighted by Crippen LogP contribution is -2.30. The number of hydrogen-bond donors (Lipinski definition) is 4. The number of carbonyl (C=O) groups excluding carboxylic acids is 3. The summed E-state index contributed by atoms with van der Waals surface area (Å²) in [6.07, 6.45) is 97.1. The van der Waals surface area contributed by atoms with Crippen molar-refractivity contribution >= 4 is 33.6 Å². The molecule has 0 aliphatic rings. The quantitative estimate of drug-likeness (QED) is 0.0146. The van der Waals surface area contributed by atoms with Gasteiger partial charge in [0, 0.05) is 19.3 Å². The van der Waals surface area contributed by atoms with Crippen molar-refractivity contribution in [2.24, 2.45) is 0 Å². The first-order valence-corrected chi connectivity index (χ1v) is 46.2. The standard InChI is InChI=1S/C89H158O16P2/c1-4-7-10-13-16-19-22-25-28-30-32-34-36-38-39-40-41-42-43-45-47-48-50-52-55-57-60-63-66-69-72-75-87(92)99-78-84(90)79-101-106(95,96)102-80-85(91)81-103-107(97,98)104-83-86(105-89(94)77-74-71-68-65-62-59-54-27-24-21-18-15-12-9-6-3)82-100-88(93)76-73-70-67-64-61-58-56-53-51-49-46-44-37-35-33-31-29-26-23-20-17-14-11-8-5-2/h7,10,16-17,19-20,25-26,28-29,32-35,38-39,44,46,84-86,90-91H,4-6,8-9,11-15,18,21-24,27,30-31,36-37,40-43,45,47-83H2,1-3H3,(H,95,96)(H,97,98)/b10-7-,19-16-,20-17-,28-25-,29-26-,34-32-,35-33-,39-38-,46-44-. The number of ether oxygens (including phenoxy) is 3. The van der Waals surface area contributed by atoms with Crippen molar-refractivity contribution in [1.82, 2.24) is 0 Å². The number of esters is 3. The molecule has 0 aromatic carbocycles. The van der Waals surface area contributed by atoms with E-state index in [1.807, 2.05) is 0 Å². The molecule has 0 radical (unpaired) electrons. The molecule has 0 aliphatic carbocycles. The van der Waals surface area contributed by atoms with Crippen molar-refractivity contribution in [3.8, 4) is 0 Å². The normalized spacial score (nSPS) is 14.4. The van der Waals surface area contributed by atoms with Gasteiger partial charge >= 0.3 is 33.6 Å². The van der Waals surface area contributed by atoms with Gasteiger partial charge in [-0.1, -0.05) is 361 Å². The highest BCUT2D eigenvalue weighted by Gasteiger charge is 2.29. The summed E-state index contributed by atoms with van der Waals surface area (Å²) in [4.78, 5) is 58.8. The molecule has 0 spiro atoms. The molecule has 18 heteroatoms. The number of phosphoric ester groups is 2. The minimum atomic E-state index is -4.93. The van der Waals surface area contributed by atoms with Crippen molar-refractivity contribution in [1.29, 1.82) is 0 Å². The number of aliphatic hydroxyl groups excluding tert-OH is 2. The molecule has 0 saturated carbocycles. The Morgan fingerprint density at radius 3 is 0.804 bits per heavy atom. The molecular weight excluding hydrogens is 1390 g/mol. The fraction of sp³-hybridized carbons (Fsp3) is 0.764. The van der Waals surface area contributed by atoms with Gasteiger partial charge in [0.1, 0.15) is 25.4 Å². The van der Waals surface area contributed by atoms with Crippen LogP contribution in [0.1, 0.15) is 380 Å². The monoisotopic (exact) mass is 1550 g/mol. The Morgan fingerprint density at radius 1 is 0.271 bits per heavy atom. The van der Waals surface area contributed by atoms with E-state index < -0.39 is 91.5 Å². The van der Waals surface area contributed by atoms with Crippen molar-refractivity contribution < 1.29 is 75.8 Å². The highest BCUT2D eigenvalue weighted by atomic mass is 31.2. The van der Waals surface area contributed by atoms with Gasteiger partial charge in [0.25, 0.3) is 0 Å². The second-order valence-electron chi connectivity index (χ2n) is 29.0. The topological polar surface area (TPSA) is 231 Å². The molecule has 0 rings (SSSR count). The second-order valence-corrected chi connectivity index (χ2v) is 31.9. The van der Waals surface area contributed by atoms with Crippen LogP contribution in [0, 0.1) is 0 Å². The van der Waals surface area contributed by atoms with Crippen LogP contribution in [0.15, 0.2) is 109 Å². The smallest absolute Gasteiger partial charge is 0.463 e. The van der Waals surface area contributed by atoms with Gasteiger partial charge in [-0.3, -0.25) is 32.5 Å². The van der Waals surface area contributed by atoms with E-state index in [1.54, 1.807) is 0 Å². The third-order valence-electron chi connectivity index (χ3n) is 18.5. The number of allylic oxidation sites excluding steroid dienone is 18. The number of rotatable bonds is 82. The maximum atomic E-state index is 13.0. The Hall–Kier alpha value is -3.79. The number of hydrogen-bond acceptors (Lipinski definition) is 14. The van der Waals surface area contributed by atoms with Gasteiger partial charge in [-0.05, 0) is 109 Å². The summed E-state index contributed by atoms with van der Waals surface area (Å²) in [6.45, 7) is 2.60.